The maximum atomic E-state index is 12.3. The number of benzene rings is 1. The van der Waals surface area contributed by atoms with Crippen LogP contribution in [-0.4, -0.2) is 26.7 Å². The number of pyridine rings is 1. The predicted molar refractivity (Wildman–Crippen MR) is 103 cm³/mol. The maximum Gasteiger partial charge on any atom is 0.321 e. The van der Waals surface area contributed by atoms with Crippen LogP contribution in [0.3, 0.4) is 0 Å². The molecule has 0 atom stereocenters. The van der Waals surface area contributed by atoms with Gasteiger partial charge in [0.25, 0.3) is 0 Å². The minimum Gasteiger partial charge on any atom is -0.465 e. The van der Waals surface area contributed by atoms with Crippen molar-refractivity contribution in [2.24, 2.45) is 0 Å². The topological polar surface area (TPSA) is 48.0 Å². The molecule has 0 amide bonds. The van der Waals surface area contributed by atoms with Crippen LogP contribution in [0.25, 0.3) is 21.6 Å². The number of esters is 1. The molecule has 2 heterocycles. The van der Waals surface area contributed by atoms with Crippen molar-refractivity contribution in [3.05, 3.63) is 60.3 Å². The Morgan fingerprint density at radius 2 is 2.00 bits per heavy atom. The summed E-state index contributed by atoms with van der Waals surface area (Å²) in [6, 6.07) is 9.40. The Morgan fingerprint density at radius 1 is 1.27 bits per heavy atom. The molecule has 5 nitrogen and oxygen atoms in total. The minimum absolute atomic E-state index is 0.248. The first kappa shape index (κ1) is 18.0. The maximum absolute atomic E-state index is 12.3. The van der Waals surface area contributed by atoms with Gasteiger partial charge in [0.15, 0.2) is 5.69 Å². The van der Waals surface area contributed by atoms with Crippen molar-refractivity contribution in [3.63, 3.8) is 0 Å². The zero-order valence-electron chi connectivity index (χ0n) is 14.9. The van der Waals surface area contributed by atoms with Crippen LogP contribution in [0.15, 0.2) is 53.8 Å². The largest absolute Gasteiger partial charge is 0.465 e. The third-order valence-corrected chi connectivity index (χ3v) is 5.18. The molecule has 0 aliphatic carbocycles. The molecule has 0 aliphatic rings. The van der Waals surface area contributed by atoms with Crippen LogP contribution >= 0.6 is 11.8 Å². The number of rotatable bonds is 5. The molecule has 0 spiro atoms. The molecule has 26 heavy (non-hydrogen) atoms. The minimum atomic E-state index is -0.730. The summed E-state index contributed by atoms with van der Waals surface area (Å²) in [7, 11) is 0. The van der Waals surface area contributed by atoms with E-state index in [4.69, 9.17) is 11.3 Å². The van der Waals surface area contributed by atoms with Crippen LogP contribution < -0.4 is 0 Å². The fourth-order valence-corrected chi connectivity index (χ4v) is 3.78. The molecule has 0 saturated heterocycles. The van der Waals surface area contributed by atoms with Crippen molar-refractivity contribution >= 4 is 29.1 Å². The van der Waals surface area contributed by atoms with Crippen LogP contribution in [0.2, 0.25) is 0 Å². The normalized spacial score (nSPS) is 11.3. The van der Waals surface area contributed by atoms with E-state index in [2.05, 4.69) is 9.83 Å². The monoisotopic (exact) mass is 365 g/mol. The summed E-state index contributed by atoms with van der Waals surface area (Å²) in [5.74, 6) is -0.248. The van der Waals surface area contributed by atoms with Crippen molar-refractivity contribution < 1.29 is 9.53 Å². The van der Waals surface area contributed by atoms with E-state index in [-0.39, 0.29) is 5.97 Å². The Bertz CT molecular complexity index is 984. The number of carbonyl (C=O) groups is 1. The molecule has 1 aromatic carbocycles. The third-order valence-electron chi connectivity index (χ3n) is 3.94. The highest BCUT2D eigenvalue weighted by Crippen LogP contribution is 2.41. The second-order valence-corrected chi connectivity index (χ2v) is 7.87. The van der Waals surface area contributed by atoms with Crippen molar-refractivity contribution in [3.8, 4) is 11.1 Å². The number of fused-ring (bicyclic) bond motifs is 1. The number of imidazole rings is 1. The number of aromatic nitrogens is 2. The lowest BCUT2D eigenvalue weighted by Crippen LogP contribution is -2.30. The Hall–Kier alpha value is -2.78. The van der Waals surface area contributed by atoms with E-state index in [1.807, 2.05) is 48.8 Å². The number of carbonyl (C=O) groups excluding carboxylic acids is 1. The molecule has 0 aliphatic heterocycles. The summed E-state index contributed by atoms with van der Waals surface area (Å²) in [5, 5.41) is 0. The first-order valence-electron chi connectivity index (χ1n) is 8.26. The van der Waals surface area contributed by atoms with Gasteiger partial charge < -0.3 is 9.14 Å². The molecule has 132 valence electrons. The zero-order chi connectivity index (χ0) is 18.7. The zero-order valence-corrected chi connectivity index (χ0v) is 15.7. The van der Waals surface area contributed by atoms with Crippen LogP contribution in [-0.2, 0) is 9.53 Å². The SMILES string of the molecule is [C-]#[N+]c1ccc(-c2c(SC(C)(C)C(=O)OCC)ccn3ccnc23)cc1. The Labute approximate surface area is 156 Å². The lowest BCUT2D eigenvalue weighted by Gasteiger charge is -2.23. The number of hydrogen-bond donors (Lipinski definition) is 0. The van der Waals surface area contributed by atoms with E-state index in [9.17, 15) is 4.79 Å². The molecule has 0 radical (unpaired) electrons. The van der Waals surface area contributed by atoms with E-state index in [0.717, 1.165) is 21.7 Å². The fourth-order valence-electron chi connectivity index (χ4n) is 2.65. The van der Waals surface area contributed by atoms with Crippen molar-refractivity contribution in [2.75, 3.05) is 6.61 Å². The molecule has 6 heteroatoms. The molecular formula is C20H19N3O2S. The lowest BCUT2D eigenvalue weighted by atomic mass is 10.1. The fraction of sp³-hybridized carbons (Fsp3) is 0.250. The average Bonchev–Trinajstić information content (AvgIpc) is 3.10. The summed E-state index contributed by atoms with van der Waals surface area (Å²) in [5.41, 5.74) is 3.29. The van der Waals surface area contributed by atoms with Gasteiger partial charge in [0.2, 0.25) is 0 Å². The van der Waals surface area contributed by atoms with E-state index in [0.29, 0.717) is 12.3 Å². The predicted octanol–water partition coefficient (Wildman–Crippen LogP) is 4.99. The highest BCUT2D eigenvalue weighted by Gasteiger charge is 2.32. The smallest absolute Gasteiger partial charge is 0.321 e. The molecule has 0 saturated carbocycles. The molecule has 0 N–H and O–H groups in total. The molecule has 3 rings (SSSR count). The summed E-state index contributed by atoms with van der Waals surface area (Å²) in [6.45, 7) is 13.0. The second kappa shape index (κ2) is 7.22. The number of ether oxygens (including phenoxy) is 1. The van der Waals surface area contributed by atoms with Gasteiger partial charge in [-0.3, -0.25) is 4.79 Å². The van der Waals surface area contributed by atoms with Crippen LogP contribution in [0.4, 0.5) is 5.69 Å². The quantitative estimate of drug-likeness (QED) is 0.363. The van der Waals surface area contributed by atoms with Crippen molar-refractivity contribution in [2.45, 2.75) is 30.4 Å². The van der Waals surface area contributed by atoms with Crippen LogP contribution in [0, 0.1) is 6.57 Å². The first-order chi connectivity index (χ1) is 12.5. The third kappa shape index (κ3) is 3.44. The van der Waals surface area contributed by atoms with Gasteiger partial charge >= 0.3 is 5.97 Å². The molecule has 0 fully saturated rings. The van der Waals surface area contributed by atoms with Crippen LogP contribution in [0.1, 0.15) is 20.8 Å². The van der Waals surface area contributed by atoms with Gasteiger partial charge in [-0.1, -0.05) is 24.3 Å². The van der Waals surface area contributed by atoms with Gasteiger partial charge in [-0.25, -0.2) is 9.83 Å². The Kier molecular flexibility index (Phi) is 5.01. The molecule has 0 unspecified atom stereocenters. The van der Waals surface area contributed by atoms with Crippen LogP contribution in [0.5, 0.6) is 0 Å². The summed E-state index contributed by atoms with van der Waals surface area (Å²) in [6.07, 6.45) is 5.57. The van der Waals surface area contributed by atoms with E-state index in [1.165, 1.54) is 11.8 Å². The molecule has 3 aromatic rings. The van der Waals surface area contributed by atoms with Gasteiger partial charge in [0.1, 0.15) is 10.4 Å². The standard InChI is InChI=1S/C20H19N3O2S/c1-5-25-19(24)20(2,3)26-16-10-12-23-13-11-22-18(23)17(16)14-6-8-15(21-4)9-7-14/h6-13H,5H2,1-3H3. The van der Waals surface area contributed by atoms with Crippen molar-refractivity contribution in [1.29, 1.82) is 0 Å². The van der Waals surface area contributed by atoms with Gasteiger partial charge in [-0.05, 0) is 32.4 Å². The van der Waals surface area contributed by atoms with E-state index in [1.54, 1.807) is 25.3 Å². The highest BCUT2D eigenvalue weighted by atomic mass is 32.2. The van der Waals surface area contributed by atoms with E-state index < -0.39 is 4.75 Å². The van der Waals surface area contributed by atoms with Gasteiger partial charge in [-0.15, -0.1) is 11.8 Å². The number of nitrogens with zero attached hydrogens (tertiary/aromatic N) is 3. The van der Waals surface area contributed by atoms with Gasteiger partial charge in [-0.2, -0.15) is 0 Å². The highest BCUT2D eigenvalue weighted by molar-refractivity contribution is 8.01. The van der Waals surface area contributed by atoms with E-state index >= 15 is 0 Å². The lowest BCUT2D eigenvalue weighted by molar-refractivity contribution is -0.145. The Morgan fingerprint density at radius 3 is 2.65 bits per heavy atom. The summed E-state index contributed by atoms with van der Waals surface area (Å²) < 4.78 is 6.43. The second-order valence-electron chi connectivity index (χ2n) is 6.20. The summed E-state index contributed by atoms with van der Waals surface area (Å²) >= 11 is 1.46. The molecule has 0 bridgehead atoms. The Balaban J connectivity index is 2.11. The first-order valence-corrected chi connectivity index (χ1v) is 9.07. The molecule has 2 aromatic heterocycles. The average molecular weight is 365 g/mol. The number of thioether (sulfide) groups is 1. The molecular weight excluding hydrogens is 346 g/mol. The van der Waals surface area contributed by atoms with Crippen molar-refractivity contribution in [1.82, 2.24) is 9.38 Å². The number of hydrogen-bond acceptors (Lipinski definition) is 4. The summed E-state index contributed by atoms with van der Waals surface area (Å²) in [4.78, 5) is 21.2. The van der Waals surface area contributed by atoms with Gasteiger partial charge in [0.05, 0.1) is 13.2 Å². The van der Waals surface area contributed by atoms with Gasteiger partial charge in [0, 0.05) is 29.0 Å².